The maximum Gasteiger partial charge on any atom is 0.303 e. The van der Waals surface area contributed by atoms with Crippen molar-refractivity contribution in [2.75, 3.05) is 26.9 Å². The number of hydrogen-bond donors (Lipinski definition) is 1. The zero-order valence-electron chi connectivity index (χ0n) is 20.5. The van der Waals surface area contributed by atoms with Crippen molar-refractivity contribution in [3.05, 3.63) is 77.5 Å². The van der Waals surface area contributed by atoms with Gasteiger partial charge in [0.2, 0.25) is 0 Å². The molecule has 0 saturated carbocycles. The van der Waals surface area contributed by atoms with Crippen LogP contribution in [0.25, 0.3) is 5.70 Å². The molecule has 0 aromatic heterocycles. The summed E-state index contributed by atoms with van der Waals surface area (Å²) in [5, 5.41) is 3.38. The number of rotatable bonds is 8. The lowest BCUT2D eigenvalue weighted by molar-refractivity contribution is -0.152. The van der Waals surface area contributed by atoms with E-state index >= 15 is 0 Å². The number of nitrogens with one attached hydrogen (secondary N) is 1. The molecule has 1 fully saturated rings. The van der Waals surface area contributed by atoms with Crippen LogP contribution < -0.4 is 5.32 Å². The van der Waals surface area contributed by atoms with Crippen LogP contribution in [0, 0.1) is 17.6 Å². The van der Waals surface area contributed by atoms with E-state index in [2.05, 4.69) is 5.32 Å². The first-order valence-electron chi connectivity index (χ1n) is 12.0. The number of amides is 1. The van der Waals surface area contributed by atoms with Crippen LogP contribution in [0.15, 0.2) is 54.7 Å². The third kappa shape index (κ3) is 6.02. The fourth-order valence-electron chi connectivity index (χ4n) is 4.87. The molecule has 0 aliphatic carbocycles. The van der Waals surface area contributed by atoms with Crippen molar-refractivity contribution < 1.29 is 27.8 Å². The van der Waals surface area contributed by atoms with E-state index in [0.717, 1.165) is 36.6 Å². The monoisotopic (exact) mass is 499 g/mol. The van der Waals surface area contributed by atoms with E-state index < -0.39 is 23.8 Å². The van der Waals surface area contributed by atoms with Gasteiger partial charge in [0, 0.05) is 45.5 Å². The Hall–Kier alpha value is -3.46. The first-order chi connectivity index (χ1) is 17.3. The number of carbonyl (C=O) groups excluding carboxylic acids is 2. The molecule has 1 saturated heterocycles. The second kappa shape index (κ2) is 11.5. The first kappa shape index (κ1) is 25.6. The Balaban J connectivity index is 1.69. The highest BCUT2D eigenvalue weighted by Crippen LogP contribution is 2.33. The standard InChI is InChI=1S/C27H31F2N3O4/c1-18(33)36-17-25(34)31(2)26(20-10-12-35-13-11-20)27-30-24(22-14-21(28)8-9-23(22)29)16-32(27)15-19-6-4-3-5-7-19/h3-9,14,16,20,26-27,30H,10-13,15,17H2,1-2H3. The molecule has 2 aliphatic rings. The molecule has 0 bridgehead atoms. The van der Waals surface area contributed by atoms with Crippen molar-refractivity contribution in [2.45, 2.75) is 38.5 Å². The van der Waals surface area contributed by atoms with E-state index in [1.165, 1.54) is 6.92 Å². The number of ether oxygens (including phenoxy) is 2. The van der Waals surface area contributed by atoms with Gasteiger partial charge in [0.1, 0.15) is 17.8 Å². The van der Waals surface area contributed by atoms with Gasteiger partial charge in [0.05, 0.1) is 11.7 Å². The summed E-state index contributed by atoms with van der Waals surface area (Å²) >= 11 is 0. The van der Waals surface area contributed by atoms with E-state index in [1.54, 1.807) is 18.1 Å². The fourth-order valence-corrected chi connectivity index (χ4v) is 4.87. The highest BCUT2D eigenvalue weighted by Gasteiger charge is 2.41. The van der Waals surface area contributed by atoms with Crippen molar-refractivity contribution in [3.63, 3.8) is 0 Å². The van der Waals surface area contributed by atoms with Crippen LogP contribution in [-0.4, -0.2) is 60.8 Å². The molecule has 2 unspecified atom stereocenters. The Kier molecular flexibility index (Phi) is 8.20. The predicted molar refractivity (Wildman–Crippen MR) is 130 cm³/mol. The van der Waals surface area contributed by atoms with Gasteiger partial charge in [-0.25, -0.2) is 8.78 Å². The van der Waals surface area contributed by atoms with Gasteiger partial charge in [-0.1, -0.05) is 30.3 Å². The Morgan fingerprint density at radius 2 is 1.89 bits per heavy atom. The number of halogens is 2. The van der Waals surface area contributed by atoms with Crippen molar-refractivity contribution in [3.8, 4) is 0 Å². The second-order valence-corrected chi connectivity index (χ2v) is 9.14. The molecule has 7 nitrogen and oxygen atoms in total. The van der Waals surface area contributed by atoms with Crippen molar-refractivity contribution in [1.29, 1.82) is 0 Å². The molecule has 2 aromatic rings. The average molecular weight is 500 g/mol. The number of carbonyl (C=O) groups is 2. The Morgan fingerprint density at radius 1 is 1.17 bits per heavy atom. The van der Waals surface area contributed by atoms with Crippen molar-refractivity contribution in [2.24, 2.45) is 5.92 Å². The third-order valence-corrected chi connectivity index (χ3v) is 6.69. The van der Waals surface area contributed by atoms with Gasteiger partial charge < -0.3 is 24.6 Å². The van der Waals surface area contributed by atoms with Crippen LogP contribution >= 0.6 is 0 Å². The second-order valence-electron chi connectivity index (χ2n) is 9.14. The minimum absolute atomic E-state index is 0.0749. The summed E-state index contributed by atoms with van der Waals surface area (Å²) in [6, 6.07) is 12.8. The Labute approximate surface area is 209 Å². The van der Waals surface area contributed by atoms with Gasteiger partial charge in [0.25, 0.3) is 5.91 Å². The van der Waals surface area contributed by atoms with Gasteiger partial charge in [0.15, 0.2) is 6.61 Å². The summed E-state index contributed by atoms with van der Waals surface area (Å²) in [6.07, 6.45) is 2.82. The Bertz CT molecular complexity index is 1110. The Morgan fingerprint density at radius 3 is 2.58 bits per heavy atom. The van der Waals surface area contributed by atoms with Crippen molar-refractivity contribution in [1.82, 2.24) is 15.1 Å². The van der Waals surface area contributed by atoms with Crippen LogP contribution in [0.1, 0.15) is 30.9 Å². The van der Waals surface area contributed by atoms with Crippen LogP contribution in [0.4, 0.5) is 8.78 Å². The summed E-state index contributed by atoms with van der Waals surface area (Å²) in [7, 11) is 1.69. The van der Waals surface area contributed by atoms with E-state index in [0.29, 0.717) is 25.5 Å². The molecule has 1 amide bonds. The van der Waals surface area contributed by atoms with E-state index in [4.69, 9.17) is 9.47 Å². The number of likely N-dealkylation sites (N-methyl/N-ethyl adjacent to an activating group) is 1. The molecule has 9 heteroatoms. The number of benzene rings is 2. The van der Waals surface area contributed by atoms with Crippen LogP contribution in [0.3, 0.4) is 0 Å². The topological polar surface area (TPSA) is 71.1 Å². The minimum atomic E-state index is -0.544. The normalized spacial score (nSPS) is 18.8. The molecule has 36 heavy (non-hydrogen) atoms. The summed E-state index contributed by atoms with van der Waals surface area (Å²) in [4.78, 5) is 28.0. The van der Waals surface area contributed by atoms with Gasteiger partial charge in [-0.05, 0) is 42.5 Å². The van der Waals surface area contributed by atoms with Crippen LogP contribution in [-0.2, 0) is 25.6 Å². The highest BCUT2D eigenvalue weighted by molar-refractivity contribution is 5.80. The number of nitrogens with zero attached hydrogens (tertiary/aromatic N) is 2. The van der Waals surface area contributed by atoms with Gasteiger partial charge in [-0.3, -0.25) is 9.59 Å². The minimum Gasteiger partial charge on any atom is -0.456 e. The molecule has 2 atom stereocenters. The molecular formula is C27H31F2N3O4. The summed E-state index contributed by atoms with van der Waals surface area (Å²) < 4.78 is 39.3. The smallest absolute Gasteiger partial charge is 0.303 e. The van der Waals surface area contributed by atoms with E-state index in [-0.39, 0.29) is 30.0 Å². The van der Waals surface area contributed by atoms with Gasteiger partial charge in [-0.2, -0.15) is 0 Å². The lowest BCUT2D eigenvalue weighted by atomic mass is 9.88. The summed E-state index contributed by atoms with van der Waals surface area (Å²) in [5.74, 6) is -1.88. The highest BCUT2D eigenvalue weighted by atomic mass is 19.1. The maximum atomic E-state index is 14.7. The fraction of sp³-hybridized carbons (Fsp3) is 0.407. The molecule has 4 rings (SSSR count). The molecule has 2 aromatic carbocycles. The predicted octanol–water partition coefficient (Wildman–Crippen LogP) is 3.51. The third-order valence-electron chi connectivity index (χ3n) is 6.69. The molecular weight excluding hydrogens is 468 g/mol. The van der Waals surface area contributed by atoms with Gasteiger partial charge >= 0.3 is 5.97 Å². The molecule has 0 radical (unpaired) electrons. The quantitative estimate of drug-likeness (QED) is 0.561. The average Bonchev–Trinajstić information content (AvgIpc) is 3.28. The number of esters is 1. The van der Waals surface area contributed by atoms with Crippen molar-refractivity contribution >= 4 is 17.6 Å². The van der Waals surface area contributed by atoms with Gasteiger partial charge in [-0.15, -0.1) is 0 Å². The summed E-state index contributed by atoms with van der Waals surface area (Å²) in [5.41, 5.74) is 1.59. The lowest BCUT2D eigenvalue weighted by Gasteiger charge is -2.43. The first-order valence-corrected chi connectivity index (χ1v) is 12.0. The number of hydrogen-bond acceptors (Lipinski definition) is 6. The molecule has 192 valence electrons. The lowest BCUT2D eigenvalue weighted by Crippen LogP contribution is -2.58. The van der Waals surface area contributed by atoms with E-state index in [1.807, 2.05) is 35.2 Å². The zero-order chi connectivity index (χ0) is 25.7. The molecule has 0 spiro atoms. The zero-order valence-corrected chi connectivity index (χ0v) is 20.5. The van der Waals surface area contributed by atoms with E-state index in [9.17, 15) is 18.4 Å². The van der Waals surface area contributed by atoms with Crippen LogP contribution in [0.2, 0.25) is 0 Å². The maximum absolute atomic E-state index is 14.7. The molecule has 2 heterocycles. The van der Waals surface area contributed by atoms with Crippen LogP contribution in [0.5, 0.6) is 0 Å². The summed E-state index contributed by atoms with van der Waals surface area (Å²) in [6.45, 7) is 2.52. The molecule has 2 aliphatic heterocycles. The molecule has 1 N–H and O–H groups in total. The SMILES string of the molecule is CC(=O)OCC(=O)N(C)C(C1CCOCC1)C1NC(c2cc(F)ccc2F)=CN1Cc1ccccc1. The largest absolute Gasteiger partial charge is 0.456 e.